The molecule has 0 atom stereocenters. The van der Waals surface area contributed by atoms with Crippen LogP contribution >= 0.6 is 22.9 Å². The average Bonchev–Trinajstić information content (AvgIpc) is 2.69. The van der Waals surface area contributed by atoms with Gasteiger partial charge in [0.15, 0.2) is 0 Å². The molecule has 0 aromatic carbocycles. The molecule has 78 valence electrons. The molecule has 2 aromatic rings. The first kappa shape index (κ1) is 10.3. The van der Waals surface area contributed by atoms with Gasteiger partial charge in [-0.05, 0) is 28.5 Å². The van der Waals surface area contributed by atoms with Gasteiger partial charge >= 0.3 is 0 Å². The Morgan fingerprint density at radius 3 is 3.07 bits per heavy atom. The number of thiophene rings is 1. The van der Waals surface area contributed by atoms with Crippen LogP contribution in [0, 0.1) is 0 Å². The number of aromatic nitrogens is 1. The molecular formula is C10H10ClN3S. The van der Waals surface area contributed by atoms with E-state index in [1.54, 1.807) is 23.6 Å². The van der Waals surface area contributed by atoms with Gasteiger partial charge in [-0.1, -0.05) is 11.6 Å². The van der Waals surface area contributed by atoms with Crippen LogP contribution in [0.4, 0.5) is 11.5 Å². The Morgan fingerprint density at radius 2 is 2.40 bits per heavy atom. The van der Waals surface area contributed by atoms with Crippen molar-refractivity contribution in [2.45, 2.75) is 6.54 Å². The van der Waals surface area contributed by atoms with E-state index in [1.165, 1.54) is 5.56 Å². The summed E-state index contributed by atoms with van der Waals surface area (Å²) in [5.41, 5.74) is 7.33. The van der Waals surface area contributed by atoms with Crippen LogP contribution in [0.2, 0.25) is 5.02 Å². The van der Waals surface area contributed by atoms with E-state index < -0.39 is 0 Å². The van der Waals surface area contributed by atoms with Gasteiger partial charge in [0.1, 0.15) is 5.82 Å². The molecule has 0 saturated carbocycles. The third kappa shape index (κ3) is 2.61. The van der Waals surface area contributed by atoms with Crippen molar-refractivity contribution in [3.05, 3.63) is 39.7 Å². The minimum absolute atomic E-state index is 0.547. The first-order valence-corrected chi connectivity index (χ1v) is 5.74. The van der Waals surface area contributed by atoms with E-state index in [9.17, 15) is 0 Å². The monoisotopic (exact) mass is 239 g/mol. The molecule has 3 N–H and O–H groups in total. The summed E-state index contributed by atoms with van der Waals surface area (Å²) in [6.45, 7) is 0.722. The maximum Gasteiger partial charge on any atom is 0.145 e. The second-order valence-corrected chi connectivity index (χ2v) is 4.27. The molecule has 3 nitrogen and oxygen atoms in total. The number of nitrogen functional groups attached to an aromatic ring is 1. The highest BCUT2D eigenvalue weighted by molar-refractivity contribution is 7.07. The van der Waals surface area contributed by atoms with Gasteiger partial charge in [0.25, 0.3) is 0 Å². The summed E-state index contributed by atoms with van der Waals surface area (Å²) < 4.78 is 0. The molecule has 0 aliphatic rings. The molecule has 0 aliphatic heterocycles. The van der Waals surface area contributed by atoms with Gasteiger partial charge in [-0.3, -0.25) is 0 Å². The molecule has 0 bridgehead atoms. The normalized spacial score (nSPS) is 10.2. The fourth-order valence-corrected chi connectivity index (χ4v) is 2.07. The SMILES string of the molecule is Nc1cnc(NCc2ccsc2)c(Cl)c1. The van der Waals surface area contributed by atoms with Crippen LogP contribution in [-0.2, 0) is 6.54 Å². The standard InChI is InChI=1S/C10H10ClN3S/c11-9-3-8(12)5-14-10(9)13-4-7-1-2-15-6-7/h1-3,5-6H,4,12H2,(H,13,14). The van der Waals surface area contributed by atoms with Crippen LogP contribution in [0.1, 0.15) is 5.56 Å². The molecule has 0 amide bonds. The van der Waals surface area contributed by atoms with Gasteiger partial charge in [0.05, 0.1) is 16.9 Å². The van der Waals surface area contributed by atoms with Crippen LogP contribution in [0.5, 0.6) is 0 Å². The Balaban J connectivity index is 2.05. The predicted octanol–water partition coefficient (Wildman–Crippen LogP) is 2.99. The van der Waals surface area contributed by atoms with E-state index in [4.69, 9.17) is 17.3 Å². The Hall–Kier alpha value is -1.26. The zero-order valence-electron chi connectivity index (χ0n) is 7.90. The average molecular weight is 240 g/mol. The minimum atomic E-state index is 0.547. The zero-order valence-corrected chi connectivity index (χ0v) is 9.48. The highest BCUT2D eigenvalue weighted by Gasteiger charge is 2.01. The molecule has 2 aromatic heterocycles. The van der Waals surface area contributed by atoms with Crippen molar-refractivity contribution in [2.24, 2.45) is 0 Å². The minimum Gasteiger partial charge on any atom is -0.397 e. The number of hydrogen-bond acceptors (Lipinski definition) is 4. The van der Waals surface area contributed by atoms with E-state index in [-0.39, 0.29) is 0 Å². The van der Waals surface area contributed by atoms with Crippen molar-refractivity contribution in [3.63, 3.8) is 0 Å². The summed E-state index contributed by atoms with van der Waals surface area (Å²) in [4.78, 5) is 4.11. The van der Waals surface area contributed by atoms with Crippen LogP contribution in [0.15, 0.2) is 29.1 Å². The number of nitrogens with zero attached hydrogens (tertiary/aromatic N) is 1. The zero-order chi connectivity index (χ0) is 10.7. The summed E-state index contributed by atoms with van der Waals surface area (Å²) in [6.07, 6.45) is 1.59. The van der Waals surface area contributed by atoms with Gasteiger partial charge in [0.2, 0.25) is 0 Å². The lowest BCUT2D eigenvalue weighted by Crippen LogP contribution is -2.01. The number of nitrogens with one attached hydrogen (secondary N) is 1. The molecule has 5 heteroatoms. The predicted molar refractivity (Wildman–Crippen MR) is 65.3 cm³/mol. The summed E-state index contributed by atoms with van der Waals surface area (Å²) in [5, 5.41) is 7.82. The van der Waals surface area contributed by atoms with Crippen molar-refractivity contribution in [1.82, 2.24) is 4.98 Å². The molecular weight excluding hydrogens is 230 g/mol. The summed E-state index contributed by atoms with van der Waals surface area (Å²) in [6, 6.07) is 3.74. The number of nitrogens with two attached hydrogens (primary N) is 1. The quantitative estimate of drug-likeness (QED) is 0.866. The fraction of sp³-hybridized carbons (Fsp3) is 0.100. The van der Waals surface area contributed by atoms with Crippen LogP contribution in [0.25, 0.3) is 0 Å². The smallest absolute Gasteiger partial charge is 0.145 e. The Labute approximate surface area is 96.9 Å². The number of rotatable bonds is 3. The Kier molecular flexibility index (Phi) is 3.08. The van der Waals surface area contributed by atoms with E-state index in [0.717, 1.165) is 6.54 Å². The van der Waals surface area contributed by atoms with Gasteiger partial charge < -0.3 is 11.1 Å². The summed E-state index contributed by atoms with van der Waals surface area (Å²) >= 11 is 7.64. The molecule has 2 heterocycles. The van der Waals surface area contributed by atoms with Gasteiger partial charge in [-0.2, -0.15) is 11.3 Å². The molecule has 0 saturated heterocycles. The topological polar surface area (TPSA) is 50.9 Å². The van der Waals surface area contributed by atoms with E-state index >= 15 is 0 Å². The second kappa shape index (κ2) is 4.51. The van der Waals surface area contributed by atoms with E-state index in [1.807, 2.05) is 5.38 Å². The highest BCUT2D eigenvalue weighted by atomic mass is 35.5. The second-order valence-electron chi connectivity index (χ2n) is 3.08. The third-order valence-electron chi connectivity index (χ3n) is 1.90. The molecule has 0 unspecified atom stereocenters. The van der Waals surface area contributed by atoms with E-state index in [0.29, 0.717) is 16.5 Å². The third-order valence-corrected chi connectivity index (χ3v) is 2.92. The largest absolute Gasteiger partial charge is 0.397 e. The fourth-order valence-electron chi connectivity index (χ4n) is 1.16. The highest BCUT2D eigenvalue weighted by Crippen LogP contribution is 2.21. The maximum absolute atomic E-state index is 5.97. The van der Waals surface area contributed by atoms with Gasteiger partial charge in [-0.15, -0.1) is 0 Å². The van der Waals surface area contributed by atoms with Crippen molar-refractivity contribution < 1.29 is 0 Å². The number of halogens is 1. The number of anilines is 2. The first-order valence-electron chi connectivity index (χ1n) is 4.41. The van der Waals surface area contributed by atoms with Crippen LogP contribution in [-0.4, -0.2) is 4.98 Å². The van der Waals surface area contributed by atoms with Crippen molar-refractivity contribution in [2.75, 3.05) is 11.1 Å². The molecule has 0 spiro atoms. The lowest BCUT2D eigenvalue weighted by atomic mass is 10.3. The van der Waals surface area contributed by atoms with Crippen molar-refractivity contribution in [3.8, 4) is 0 Å². The number of hydrogen-bond donors (Lipinski definition) is 2. The van der Waals surface area contributed by atoms with Gasteiger partial charge in [-0.25, -0.2) is 4.98 Å². The summed E-state index contributed by atoms with van der Waals surface area (Å²) in [7, 11) is 0. The van der Waals surface area contributed by atoms with E-state index in [2.05, 4.69) is 21.7 Å². The lowest BCUT2D eigenvalue weighted by Gasteiger charge is -2.06. The molecule has 0 radical (unpaired) electrons. The summed E-state index contributed by atoms with van der Waals surface area (Å²) in [5.74, 6) is 0.664. The van der Waals surface area contributed by atoms with Crippen molar-refractivity contribution >= 4 is 34.4 Å². The van der Waals surface area contributed by atoms with Crippen molar-refractivity contribution in [1.29, 1.82) is 0 Å². The molecule has 15 heavy (non-hydrogen) atoms. The number of pyridine rings is 1. The van der Waals surface area contributed by atoms with Crippen LogP contribution < -0.4 is 11.1 Å². The first-order chi connectivity index (χ1) is 7.25. The van der Waals surface area contributed by atoms with Crippen LogP contribution in [0.3, 0.4) is 0 Å². The Bertz CT molecular complexity index is 442. The molecule has 2 rings (SSSR count). The molecule has 0 aliphatic carbocycles. The lowest BCUT2D eigenvalue weighted by molar-refractivity contribution is 1.12. The Morgan fingerprint density at radius 1 is 1.53 bits per heavy atom. The molecule has 0 fully saturated rings. The maximum atomic E-state index is 5.97. The van der Waals surface area contributed by atoms with Gasteiger partial charge in [0, 0.05) is 6.54 Å².